The van der Waals surface area contributed by atoms with E-state index in [9.17, 15) is 4.79 Å². The summed E-state index contributed by atoms with van der Waals surface area (Å²) in [5.41, 5.74) is 0.645. The molecule has 9 heteroatoms. The molecule has 7 nitrogen and oxygen atoms in total. The first-order valence-corrected chi connectivity index (χ1v) is 11.1. The third-order valence-corrected chi connectivity index (χ3v) is 6.47. The minimum absolute atomic E-state index is 0.148. The second kappa shape index (κ2) is 9.30. The van der Waals surface area contributed by atoms with Crippen molar-refractivity contribution in [3.8, 4) is 17.2 Å². The molecule has 0 unspecified atom stereocenters. The monoisotopic (exact) mass is 461 g/mol. The van der Waals surface area contributed by atoms with E-state index in [1.165, 1.54) is 11.3 Å². The fraction of sp³-hybridized carbons (Fsp3) is 0.364. The van der Waals surface area contributed by atoms with Gasteiger partial charge in [0.15, 0.2) is 16.6 Å². The molecule has 1 aromatic heterocycles. The summed E-state index contributed by atoms with van der Waals surface area (Å²) in [6.45, 7) is 1.48. The molecular formula is C22H24ClN3O4S. The van der Waals surface area contributed by atoms with Crippen LogP contribution in [0.3, 0.4) is 0 Å². The third kappa shape index (κ3) is 4.56. The van der Waals surface area contributed by atoms with Crippen LogP contribution in [0.2, 0.25) is 5.02 Å². The Bertz CT molecular complexity index is 1090. The van der Waals surface area contributed by atoms with Gasteiger partial charge in [0, 0.05) is 6.54 Å². The predicted octanol–water partition coefficient (Wildman–Crippen LogP) is 4.08. The zero-order chi connectivity index (χ0) is 22.0. The number of anilines is 1. The summed E-state index contributed by atoms with van der Waals surface area (Å²) in [5, 5.41) is 1.14. The molecule has 2 heterocycles. The summed E-state index contributed by atoms with van der Waals surface area (Å²) >= 11 is 7.76. The van der Waals surface area contributed by atoms with E-state index >= 15 is 0 Å². The third-order valence-electron chi connectivity index (χ3n) is 4.94. The van der Waals surface area contributed by atoms with Gasteiger partial charge in [0.05, 0.1) is 16.8 Å². The van der Waals surface area contributed by atoms with Crippen LogP contribution in [-0.4, -0.2) is 62.8 Å². The molecule has 0 saturated heterocycles. The lowest BCUT2D eigenvalue weighted by molar-refractivity contribution is -0.127. The number of rotatable bonds is 7. The molecule has 0 spiro atoms. The van der Waals surface area contributed by atoms with Crippen LogP contribution in [-0.2, 0) is 4.79 Å². The number of aromatic nitrogens is 1. The Morgan fingerprint density at radius 1 is 1.23 bits per heavy atom. The van der Waals surface area contributed by atoms with Gasteiger partial charge >= 0.3 is 0 Å². The molecule has 0 N–H and O–H groups in total. The smallest absolute Gasteiger partial charge is 0.273 e. The molecule has 2 aromatic carbocycles. The number of carbonyl (C=O) groups is 1. The first-order chi connectivity index (χ1) is 15.0. The van der Waals surface area contributed by atoms with Crippen LogP contribution < -0.4 is 19.1 Å². The zero-order valence-corrected chi connectivity index (χ0v) is 19.2. The number of fused-ring (bicyclic) bond motifs is 2. The molecule has 0 bridgehead atoms. The molecule has 0 radical (unpaired) electrons. The quantitative estimate of drug-likeness (QED) is 0.528. The Balaban J connectivity index is 1.65. The van der Waals surface area contributed by atoms with Crippen LogP contribution in [0.5, 0.6) is 17.2 Å². The molecule has 1 aliphatic rings. The molecule has 4 rings (SSSR count). The maximum atomic E-state index is 13.5. The minimum Gasteiger partial charge on any atom is -0.494 e. The largest absolute Gasteiger partial charge is 0.494 e. The van der Waals surface area contributed by atoms with Gasteiger partial charge in [-0.1, -0.05) is 35.1 Å². The van der Waals surface area contributed by atoms with E-state index in [-0.39, 0.29) is 12.5 Å². The number of nitrogens with zero attached hydrogens (tertiary/aromatic N) is 3. The number of carbonyl (C=O) groups excluding carboxylic acids is 1. The Morgan fingerprint density at radius 3 is 2.74 bits per heavy atom. The lowest BCUT2D eigenvalue weighted by atomic mass is 10.2. The van der Waals surface area contributed by atoms with Crippen LogP contribution in [0, 0.1) is 0 Å². The lowest BCUT2D eigenvalue weighted by Crippen LogP contribution is -2.47. The van der Waals surface area contributed by atoms with Gasteiger partial charge in [-0.15, -0.1) is 0 Å². The first kappa shape index (κ1) is 21.7. The highest BCUT2D eigenvalue weighted by atomic mass is 35.5. The summed E-state index contributed by atoms with van der Waals surface area (Å²) in [6, 6.07) is 10.9. The molecule has 0 saturated carbocycles. The highest BCUT2D eigenvalue weighted by molar-refractivity contribution is 7.23. The van der Waals surface area contributed by atoms with Crippen molar-refractivity contribution in [2.45, 2.75) is 12.5 Å². The zero-order valence-electron chi connectivity index (χ0n) is 17.6. The Kier molecular flexibility index (Phi) is 6.50. The van der Waals surface area contributed by atoms with Gasteiger partial charge in [0.1, 0.15) is 17.9 Å². The molecule has 0 fully saturated rings. The van der Waals surface area contributed by atoms with Crippen molar-refractivity contribution in [1.82, 2.24) is 9.88 Å². The van der Waals surface area contributed by atoms with Gasteiger partial charge in [-0.3, -0.25) is 9.69 Å². The summed E-state index contributed by atoms with van der Waals surface area (Å²) in [4.78, 5) is 22.0. The van der Waals surface area contributed by atoms with Crippen molar-refractivity contribution in [2.24, 2.45) is 0 Å². The van der Waals surface area contributed by atoms with E-state index in [1.807, 2.05) is 32.3 Å². The lowest BCUT2D eigenvalue weighted by Gasteiger charge is -2.29. The second-order valence-electron chi connectivity index (χ2n) is 7.43. The Hall–Kier alpha value is -2.55. The number of amides is 1. The van der Waals surface area contributed by atoms with Gasteiger partial charge in [-0.2, -0.15) is 0 Å². The predicted molar refractivity (Wildman–Crippen MR) is 123 cm³/mol. The number of benzene rings is 2. The molecule has 31 heavy (non-hydrogen) atoms. The van der Waals surface area contributed by atoms with E-state index < -0.39 is 6.10 Å². The summed E-state index contributed by atoms with van der Waals surface area (Å²) in [5.74, 6) is 1.63. The van der Waals surface area contributed by atoms with Gasteiger partial charge in [0.25, 0.3) is 5.91 Å². The number of halogens is 1. The van der Waals surface area contributed by atoms with Crippen LogP contribution in [0.4, 0.5) is 5.13 Å². The number of hydrogen-bond acceptors (Lipinski definition) is 7. The fourth-order valence-corrected chi connectivity index (χ4v) is 4.67. The maximum Gasteiger partial charge on any atom is 0.273 e. The van der Waals surface area contributed by atoms with Crippen molar-refractivity contribution >= 4 is 44.2 Å². The summed E-state index contributed by atoms with van der Waals surface area (Å²) in [7, 11) is 5.60. The van der Waals surface area contributed by atoms with Gasteiger partial charge < -0.3 is 19.1 Å². The Labute approximate surface area is 190 Å². The first-order valence-electron chi connectivity index (χ1n) is 9.95. The molecule has 1 amide bonds. The molecule has 1 aliphatic heterocycles. The van der Waals surface area contributed by atoms with Crippen molar-refractivity contribution in [1.29, 1.82) is 0 Å². The van der Waals surface area contributed by atoms with Crippen LogP contribution >= 0.6 is 22.9 Å². The van der Waals surface area contributed by atoms with Gasteiger partial charge in [0.2, 0.25) is 6.10 Å². The molecule has 0 aliphatic carbocycles. The second-order valence-corrected chi connectivity index (χ2v) is 8.82. The van der Waals surface area contributed by atoms with Crippen LogP contribution in [0.15, 0.2) is 36.4 Å². The molecule has 164 valence electrons. The molecule has 1 atom stereocenters. The van der Waals surface area contributed by atoms with Crippen molar-refractivity contribution in [2.75, 3.05) is 45.8 Å². The van der Waals surface area contributed by atoms with Crippen molar-refractivity contribution < 1.29 is 19.0 Å². The van der Waals surface area contributed by atoms with Gasteiger partial charge in [-0.25, -0.2) is 4.98 Å². The number of thiazole rings is 1. The van der Waals surface area contributed by atoms with Crippen LogP contribution in [0.1, 0.15) is 6.42 Å². The molecular weight excluding hydrogens is 438 g/mol. The van der Waals surface area contributed by atoms with E-state index in [0.717, 1.165) is 17.7 Å². The van der Waals surface area contributed by atoms with Crippen molar-refractivity contribution in [3.05, 3.63) is 41.4 Å². The van der Waals surface area contributed by atoms with Crippen LogP contribution in [0.25, 0.3) is 10.2 Å². The van der Waals surface area contributed by atoms with Crippen molar-refractivity contribution in [3.63, 3.8) is 0 Å². The van der Waals surface area contributed by atoms with E-state index in [1.54, 1.807) is 30.2 Å². The molecule has 3 aromatic rings. The average molecular weight is 462 g/mol. The number of hydrogen-bond donors (Lipinski definition) is 0. The van der Waals surface area contributed by atoms with Gasteiger partial charge in [-0.05, 0) is 51.3 Å². The number of methoxy groups -OCH3 is 1. The topological polar surface area (TPSA) is 64.1 Å². The highest BCUT2D eigenvalue weighted by Crippen LogP contribution is 2.39. The maximum absolute atomic E-state index is 13.5. The standard InChI is InChI=1S/C22H24ClN3O4S/c1-25(2)11-6-12-26(21(27)18-13-29-15-7-4-5-8-16(15)30-18)22-24-19-17(28-3)10-9-14(23)20(19)31-22/h4-5,7-10,18H,6,11-13H2,1-3H3/t18-/m1/s1. The fourth-order valence-electron chi connectivity index (χ4n) is 3.38. The normalized spacial score (nSPS) is 15.3. The summed E-state index contributed by atoms with van der Waals surface area (Å²) < 4.78 is 17.9. The number of para-hydroxylation sites is 2. The van der Waals surface area contributed by atoms with E-state index in [2.05, 4.69) is 4.90 Å². The summed E-state index contributed by atoms with van der Waals surface area (Å²) in [6.07, 6.45) is 0.0302. The minimum atomic E-state index is -0.751. The van der Waals surface area contributed by atoms with E-state index in [0.29, 0.717) is 39.5 Å². The van der Waals surface area contributed by atoms with E-state index in [4.69, 9.17) is 30.8 Å². The highest BCUT2D eigenvalue weighted by Gasteiger charge is 2.33. The SMILES string of the molecule is COc1ccc(Cl)c2sc(N(CCCN(C)C)C(=O)[C@H]3COc4ccccc4O3)nc12. The average Bonchev–Trinajstić information content (AvgIpc) is 3.22. The number of ether oxygens (including phenoxy) is 3. The Morgan fingerprint density at radius 2 is 2.00 bits per heavy atom.